The summed E-state index contributed by atoms with van der Waals surface area (Å²) < 4.78 is 0. The van der Waals surface area contributed by atoms with Gasteiger partial charge in [-0.25, -0.2) is 4.79 Å². The van der Waals surface area contributed by atoms with Crippen molar-refractivity contribution >= 4 is 12.0 Å². The van der Waals surface area contributed by atoms with Crippen LogP contribution in [0.1, 0.15) is 33.1 Å². The van der Waals surface area contributed by atoms with Gasteiger partial charge < -0.3 is 19.8 Å². The largest absolute Gasteiger partial charge is 0.481 e. The van der Waals surface area contributed by atoms with E-state index in [1.54, 1.807) is 0 Å². The van der Waals surface area contributed by atoms with Crippen LogP contribution in [0.25, 0.3) is 0 Å². The molecule has 2 amide bonds. The van der Waals surface area contributed by atoms with E-state index in [1.807, 2.05) is 16.7 Å². The highest BCUT2D eigenvalue weighted by molar-refractivity contribution is 5.77. The van der Waals surface area contributed by atoms with Crippen molar-refractivity contribution in [2.75, 3.05) is 45.8 Å². The van der Waals surface area contributed by atoms with E-state index in [0.717, 1.165) is 32.7 Å². The van der Waals surface area contributed by atoms with Gasteiger partial charge in [-0.3, -0.25) is 4.79 Å². The average Bonchev–Trinajstić information content (AvgIpc) is 2.54. The van der Waals surface area contributed by atoms with Crippen LogP contribution in [0.2, 0.25) is 0 Å². The Labute approximate surface area is 126 Å². The molecule has 0 spiro atoms. The number of amides is 2. The number of piperazine rings is 1. The fourth-order valence-electron chi connectivity index (χ4n) is 3.30. The maximum atomic E-state index is 12.5. The van der Waals surface area contributed by atoms with Gasteiger partial charge in [-0.1, -0.05) is 13.8 Å². The van der Waals surface area contributed by atoms with Crippen molar-refractivity contribution in [1.82, 2.24) is 14.7 Å². The number of aliphatic carboxylic acids is 1. The molecule has 2 saturated heterocycles. The number of likely N-dealkylation sites (N-methyl/N-ethyl adjacent to an activating group) is 1. The number of rotatable bonds is 3. The lowest BCUT2D eigenvalue weighted by Crippen LogP contribution is -2.55. The smallest absolute Gasteiger partial charge is 0.320 e. The van der Waals surface area contributed by atoms with Gasteiger partial charge in [0.25, 0.3) is 0 Å². The molecule has 0 bridgehead atoms. The maximum Gasteiger partial charge on any atom is 0.320 e. The van der Waals surface area contributed by atoms with Crippen molar-refractivity contribution in [3.05, 3.63) is 0 Å². The zero-order chi connectivity index (χ0) is 15.5. The quantitative estimate of drug-likeness (QED) is 0.853. The van der Waals surface area contributed by atoms with E-state index in [1.165, 1.54) is 0 Å². The number of urea groups is 1. The van der Waals surface area contributed by atoms with Crippen LogP contribution in [0.4, 0.5) is 4.79 Å². The van der Waals surface area contributed by atoms with E-state index in [-0.39, 0.29) is 6.03 Å². The summed E-state index contributed by atoms with van der Waals surface area (Å²) in [5, 5.41) is 9.40. The van der Waals surface area contributed by atoms with Crippen LogP contribution in [0.5, 0.6) is 0 Å². The number of carbonyl (C=O) groups is 2. The molecule has 0 aromatic heterocycles. The van der Waals surface area contributed by atoms with Gasteiger partial charge >= 0.3 is 12.0 Å². The molecule has 0 atom stereocenters. The fraction of sp³-hybridized carbons (Fsp3) is 0.867. The van der Waals surface area contributed by atoms with Crippen LogP contribution in [-0.2, 0) is 4.79 Å². The number of carbonyl (C=O) groups excluding carboxylic acids is 1. The molecule has 2 rings (SSSR count). The number of likely N-dealkylation sites (tertiary alicyclic amines) is 1. The fourth-order valence-corrected chi connectivity index (χ4v) is 3.30. The van der Waals surface area contributed by atoms with Crippen LogP contribution in [0.15, 0.2) is 0 Å². The molecule has 2 heterocycles. The van der Waals surface area contributed by atoms with Crippen molar-refractivity contribution in [1.29, 1.82) is 0 Å². The lowest BCUT2D eigenvalue weighted by atomic mass is 9.76. The Morgan fingerprint density at radius 3 is 1.90 bits per heavy atom. The second kappa shape index (κ2) is 6.64. The number of nitrogens with zero attached hydrogens (tertiary/aromatic N) is 3. The molecule has 2 fully saturated rings. The molecule has 21 heavy (non-hydrogen) atoms. The molecule has 2 aliphatic rings. The highest BCUT2D eigenvalue weighted by Gasteiger charge is 2.41. The Balaban J connectivity index is 1.87. The topological polar surface area (TPSA) is 64.1 Å². The predicted molar refractivity (Wildman–Crippen MR) is 80.2 cm³/mol. The normalized spacial score (nSPS) is 23.1. The number of carboxylic acids is 1. The van der Waals surface area contributed by atoms with Crippen LogP contribution >= 0.6 is 0 Å². The molecule has 1 N–H and O–H groups in total. The minimum atomic E-state index is -0.714. The van der Waals surface area contributed by atoms with Crippen molar-refractivity contribution in [3.8, 4) is 0 Å². The SMILES string of the molecule is CCN1CCN(C(=O)N2CCC(CC)(C(=O)O)CC2)CC1. The zero-order valence-electron chi connectivity index (χ0n) is 13.2. The summed E-state index contributed by atoms with van der Waals surface area (Å²) in [5.74, 6) is -0.714. The third kappa shape index (κ3) is 3.31. The Hall–Kier alpha value is -1.30. The summed E-state index contributed by atoms with van der Waals surface area (Å²) in [4.78, 5) is 30.0. The molecular weight excluding hydrogens is 270 g/mol. The summed E-state index contributed by atoms with van der Waals surface area (Å²) in [5.41, 5.74) is -0.627. The van der Waals surface area contributed by atoms with Gasteiger partial charge in [-0.2, -0.15) is 0 Å². The van der Waals surface area contributed by atoms with Gasteiger partial charge in [-0.15, -0.1) is 0 Å². The first-order chi connectivity index (χ1) is 10.0. The summed E-state index contributed by atoms with van der Waals surface area (Å²) in [7, 11) is 0. The van der Waals surface area contributed by atoms with Crippen LogP contribution in [0.3, 0.4) is 0 Å². The molecule has 2 aliphatic heterocycles. The second-order valence-electron chi connectivity index (χ2n) is 6.13. The summed E-state index contributed by atoms with van der Waals surface area (Å²) in [6.45, 7) is 9.65. The van der Waals surface area contributed by atoms with E-state index in [0.29, 0.717) is 32.4 Å². The first-order valence-electron chi connectivity index (χ1n) is 8.02. The molecule has 0 aromatic rings. The molecule has 0 unspecified atom stereocenters. The van der Waals surface area contributed by atoms with Crippen LogP contribution < -0.4 is 0 Å². The van der Waals surface area contributed by atoms with Crippen molar-refractivity contribution in [2.24, 2.45) is 5.41 Å². The molecule has 0 aromatic carbocycles. The summed E-state index contributed by atoms with van der Waals surface area (Å²) in [6.07, 6.45) is 1.78. The highest BCUT2D eigenvalue weighted by Crippen LogP contribution is 2.35. The Morgan fingerprint density at radius 2 is 1.48 bits per heavy atom. The van der Waals surface area contributed by atoms with Crippen molar-refractivity contribution in [2.45, 2.75) is 33.1 Å². The molecule has 6 nitrogen and oxygen atoms in total. The van der Waals surface area contributed by atoms with Gasteiger partial charge in [0.2, 0.25) is 0 Å². The van der Waals surface area contributed by atoms with E-state index >= 15 is 0 Å². The monoisotopic (exact) mass is 297 g/mol. The molecular formula is C15H27N3O3. The van der Waals surface area contributed by atoms with Crippen molar-refractivity contribution in [3.63, 3.8) is 0 Å². The third-order valence-corrected chi connectivity index (χ3v) is 5.21. The number of carboxylic acid groups (broad SMARTS) is 1. The molecule has 120 valence electrons. The second-order valence-corrected chi connectivity index (χ2v) is 6.13. The first kappa shape index (κ1) is 16.1. The van der Waals surface area contributed by atoms with Gasteiger partial charge in [0.05, 0.1) is 5.41 Å². The van der Waals surface area contributed by atoms with Gasteiger partial charge in [0.15, 0.2) is 0 Å². The molecule has 0 aliphatic carbocycles. The average molecular weight is 297 g/mol. The van der Waals surface area contributed by atoms with E-state index in [4.69, 9.17) is 0 Å². The maximum absolute atomic E-state index is 12.5. The van der Waals surface area contributed by atoms with E-state index in [9.17, 15) is 14.7 Å². The number of hydrogen-bond acceptors (Lipinski definition) is 3. The molecule has 6 heteroatoms. The van der Waals surface area contributed by atoms with E-state index in [2.05, 4.69) is 11.8 Å². The Bertz CT molecular complexity index is 384. The van der Waals surface area contributed by atoms with Crippen molar-refractivity contribution < 1.29 is 14.7 Å². The lowest BCUT2D eigenvalue weighted by molar-refractivity contribution is -0.152. The van der Waals surface area contributed by atoms with Gasteiger partial charge in [0, 0.05) is 39.3 Å². The van der Waals surface area contributed by atoms with E-state index < -0.39 is 11.4 Å². The van der Waals surface area contributed by atoms with Gasteiger partial charge in [0.1, 0.15) is 0 Å². The Kier molecular flexibility index (Phi) is 5.08. The number of piperidine rings is 1. The highest BCUT2D eigenvalue weighted by atomic mass is 16.4. The molecule has 0 saturated carbocycles. The molecule has 0 radical (unpaired) electrons. The lowest BCUT2D eigenvalue weighted by Gasteiger charge is -2.42. The predicted octanol–water partition coefficient (Wildman–Crippen LogP) is 1.32. The minimum absolute atomic E-state index is 0.0841. The Morgan fingerprint density at radius 1 is 0.952 bits per heavy atom. The third-order valence-electron chi connectivity index (χ3n) is 5.21. The van der Waals surface area contributed by atoms with Crippen LogP contribution in [0, 0.1) is 5.41 Å². The van der Waals surface area contributed by atoms with Gasteiger partial charge in [-0.05, 0) is 25.8 Å². The summed E-state index contributed by atoms with van der Waals surface area (Å²) >= 11 is 0. The zero-order valence-corrected chi connectivity index (χ0v) is 13.2. The summed E-state index contributed by atoms with van der Waals surface area (Å²) in [6, 6.07) is 0.0841. The van der Waals surface area contributed by atoms with Crippen LogP contribution in [-0.4, -0.2) is 77.6 Å². The number of hydrogen-bond donors (Lipinski definition) is 1. The first-order valence-corrected chi connectivity index (χ1v) is 8.02. The standard InChI is InChI=1S/C15H27N3O3/c1-3-15(13(19)20)5-7-17(8-6-15)14(21)18-11-9-16(4-2)10-12-18/h3-12H2,1-2H3,(H,19,20). The minimum Gasteiger partial charge on any atom is -0.481 e.